The molecule has 0 unspecified atom stereocenters. The van der Waals surface area contributed by atoms with E-state index >= 15 is 0 Å². The van der Waals surface area contributed by atoms with Gasteiger partial charge in [-0.2, -0.15) is 0 Å². The lowest BCUT2D eigenvalue weighted by Gasteiger charge is -2.19. The van der Waals surface area contributed by atoms with Crippen molar-refractivity contribution in [2.45, 2.75) is 0 Å². The first kappa shape index (κ1) is 9.77. The number of ether oxygens (including phenoxy) is 1. The number of fused-ring (bicyclic) bond motifs is 1. The molecule has 0 bridgehead atoms. The highest BCUT2D eigenvalue weighted by molar-refractivity contribution is 6.11. The van der Waals surface area contributed by atoms with E-state index in [1.807, 2.05) is 37.2 Å². The van der Waals surface area contributed by atoms with Crippen molar-refractivity contribution < 1.29 is 9.53 Å². The quantitative estimate of drug-likeness (QED) is 0.651. The van der Waals surface area contributed by atoms with Crippen molar-refractivity contribution in [1.82, 2.24) is 4.90 Å². The van der Waals surface area contributed by atoms with Crippen molar-refractivity contribution in [2.75, 3.05) is 20.7 Å². The number of Topliss-reactive ketones (excluding diaryl/α,β-unsaturated/α-hetero) is 1. The Hall–Kier alpha value is -1.77. The maximum Gasteiger partial charge on any atom is 0.197 e. The monoisotopic (exact) mass is 203 g/mol. The lowest BCUT2D eigenvalue weighted by Crippen LogP contribution is -2.21. The number of benzene rings is 1. The molecule has 2 rings (SSSR count). The van der Waals surface area contributed by atoms with Gasteiger partial charge >= 0.3 is 0 Å². The predicted octanol–water partition coefficient (Wildman–Crippen LogP) is 1.71. The molecule has 1 heterocycles. The first-order chi connectivity index (χ1) is 7.18. The molecule has 3 heteroatoms. The Balaban J connectivity index is 2.38. The van der Waals surface area contributed by atoms with Crippen LogP contribution in [-0.4, -0.2) is 31.4 Å². The molecular weight excluding hydrogens is 190 g/mol. The third-order valence-corrected chi connectivity index (χ3v) is 2.22. The van der Waals surface area contributed by atoms with E-state index in [2.05, 4.69) is 0 Å². The Morgan fingerprint density at radius 2 is 2.07 bits per heavy atom. The van der Waals surface area contributed by atoms with Gasteiger partial charge in [-0.3, -0.25) is 4.79 Å². The number of para-hydroxylation sites is 1. The first-order valence-corrected chi connectivity index (χ1v) is 4.82. The Labute approximate surface area is 89.0 Å². The lowest BCUT2D eigenvalue weighted by atomic mass is 10.0. The van der Waals surface area contributed by atoms with E-state index in [1.54, 1.807) is 12.3 Å². The summed E-state index contributed by atoms with van der Waals surface area (Å²) in [7, 11) is 3.78. The van der Waals surface area contributed by atoms with Crippen LogP contribution < -0.4 is 4.74 Å². The number of ketones is 1. The second-order valence-corrected chi connectivity index (χ2v) is 3.73. The van der Waals surface area contributed by atoms with Crippen molar-refractivity contribution >= 4 is 5.78 Å². The van der Waals surface area contributed by atoms with Gasteiger partial charge in [-0.25, -0.2) is 0 Å². The minimum atomic E-state index is 0.0607. The average Bonchev–Trinajstić information content (AvgIpc) is 2.22. The topological polar surface area (TPSA) is 29.5 Å². The van der Waals surface area contributed by atoms with Gasteiger partial charge in [0.15, 0.2) is 5.78 Å². The molecule has 1 aliphatic rings. The molecule has 78 valence electrons. The highest BCUT2D eigenvalue weighted by atomic mass is 16.5. The van der Waals surface area contributed by atoms with Crippen LogP contribution in [0.1, 0.15) is 10.4 Å². The summed E-state index contributed by atoms with van der Waals surface area (Å²) in [6.45, 7) is 0.355. The molecule has 0 radical (unpaired) electrons. The zero-order valence-electron chi connectivity index (χ0n) is 8.86. The van der Waals surface area contributed by atoms with E-state index in [0.29, 0.717) is 23.5 Å². The van der Waals surface area contributed by atoms with E-state index in [-0.39, 0.29) is 5.78 Å². The fourth-order valence-corrected chi connectivity index (χ4v) is 1.58. The summed E-state index contributed by atoms with van der Waals surface area (Å²) in [5.41, 5.74) is 1.34. The molecule has 0 aliphatic carbocycles. The van der Waals surface area contributed by atoms with Crippen LogP contribution in [0.2, 0.25) is 0 Å². The van der Waals surface area contributed by atoms with Crippen molar-refractivity contribution in [3.63, 3.8) is 0 Å². The van der Waals surface area contributed by atoms with Gasteiger partial charge in [0.25, 0.3) is 0 Å². The Morgan fingerprint density at radius 3 is 2.80 bits per heavy atom. The van der Waals surface area contributed by atoms with Crippen molar-refractivity contribution in [2.24, 2.45) is 0 Å². The van der Waals surface area contributed by atoms with Crippen molar-refractivity contribution in [3.8, 4) is 5.75 Å². The molecule has 0 atom stereocenters. The minimum Gasteiger partial charge on any atom is -0.488 e. The fraction of sp³-hybridized carbons (Fsp3) is 0.250. The normalized spacial score (nSPS) is 17.2. The van der Waals surface area contributed by atoms with Crippen molar-refractivity contribution in [1.29, 1.82) is 0 Å². The van der Waals surface area contributed by atoms with Gasteiger partial charge in [0.05, 0.1) is 11.1 Å². The molecule has 0 saturated carbocycles. The molecular formula is C12H13NO2. The van der Waals surface area contributed by atoms with Crippen LogP contribution in [-0.2, 0) is 0 Å². The van der Waals surface area contributed by atoms with Gasteiger partial charge in [-0.05, 0) is 12.1 Å². The summed E-state index contributed by atoms with van der Waals surface area (Å²) in [6.07, 6.45) is 1.80. The van der Waals surface area contributed by atoms with Crippen LogP contribution in [0.15, 0.2) is 36.0 Å². The Bertz CT molecular complexity index is 421. The van der Waals surface area contributed by atoms with Crippen LogP contribution in [0.5, 0.6) is 5.75 Å². The average molecular weight is 203 g/mol. The van der Waals surface area contributed by atoms with Gasteiger partial charge < -0.3 is 9.64 Å². The summed E-state index contributed by atoms with van der Waals surface area (Å²) >= 11 is 0. The number of carbonyl (C=O) groups excluding carboxylic acids is 1. The second kappa shape index (κ2) is 3.77. The smallest absolute Gasteiger partial charge is 0.197 e. The summed E-state index contributed by atoms with van der Waals surface area (Å²) < 4.78 is 5.49. The fourth-order valence-electron chi connectivity index (χ4n) is 1.58. The van der Waals surface area contributed by atoms with E-state index in [4.69, 9.17) is 4.74 Å². The first-order valence-electron chi connectivity index (χ1n) is 4.82. The SMILES string of the molecule is CN(C)C=C1COc2ccccc2C1=O. The molecule has 0 N–H and O–H groups in total. The molecule has 1 aromatic rings. The zero-order chi connectivity index (χ0) is 10.8. The van der Waals surface area contributed by atoms with Gasteiger partial charge in [0.2, 0.25) is 0 Å². The molecule has 3 nitrogen and oxygen atoms in total. The minimum absolute atomic E-state index is 0.0607. The maximum absolute atomic E-state index is 12.0. The third-order valence-electron chi connectivity index (χ3n) is 2.22. The Morgan fingerprint density at radius 1 is 1.33 bits per heavy atom. The summed E-state index contributed by atoms with van der Waals surface area (Å²) in [6, 6.07) is 7.32. The molecule has 0 saturated heterocycles. The van der Waals surface area contributed by atoms with Crippen LogP contribution in [0, 0.1) is 0 Å². The highest BCUT2D eigenvalue weighted by Gasteiger charge is 2.22. The summed E-state index contributed by atoms with van der Waals surface area (Å²) in [5.74, 6) is 0.740. The highest BCUT2D eigenvalue weighted by Crippen LogP contribution is 2.26. The van der Waals surface area contributed by atoms with Gasteiger partial charge in [0, 0.05) is 20.3 Å². The molecule has 0 aromatic heterocycles. The van der Waals surface area contributed by atoms with Gasteiger partial charge in [-0.15, -0.1) is 0 Å². The third kappa shape index (κ3) is 1.86. The predicted molar refractivity (Wildman–Crippen MR) is 58.0 cm³/mol. The van der Waals surface area contributed by atoms with E-state index in [1.165, 1.54) is 0 Å². The molecule has 15 heavy (non-hydrogen) atoms. The maximum atomic E-state index is 12.0. The molecule has 0 fully saturated rings. The van der Waals surface area contributed by atoms with E-state index in [0.717, 1.165) is 0 Å². The zero-order valence-corrected chi connectivity index (χ0v) is 8.86. The number of carbonyl (C=O) groups is 1. The molecule has 1 aliphatic heterocycles. The molecule has 0 spiro atoms. The van der Waals surface area contributed by atoms with Gasteiger partial charge in [-0.1, -0.05) is 12.1 Å². The summed E-state index contributed by atoms with van der Waals surface area (Å²) in [5, 5.41) is 0. The lowest BCUT2D eigenvalue weighted by molar-refractivity contribution is 0.0997. The van der Waals surface area contributed by atoms with Gasteiger partial charge in [0.1, 0.15) is 12.4 Å². The van der Waals surface area contributed by atoms with Crippen molar-refractivity contribution in [3.05, 3.63) is 41.6 Å². The van der Waals surface area contributed by atoms with Crippen LogP contribution in [0.4, 0.5) is 0 Å². The van der Waals surface area contributed by atoms with Crippen LogP contribution in [0.25, 0.3) is 0 Å². The summed E-state index contributed by atoms with van der Waals surface area (Å²) in [4.78, 5) is 13.8. The number of hydrogen-bond donors (Lipinski definition) is 0. The number of hydrogen-bond acceptors (Lipinski definition) is 3. The standard InChI is InChI=1S/C12H13NO2/c1-13(2)7-9-8-15-11-6-4-3-5-10(11)12(9)14/h3-7H,8H2,1-2H3. The van der Waals surface area contributed by atoms with E-state index < -0.39 is 0 Å². The van der Waals surface area contributed by atoms with Crippen LogP contribution in [0.3, 0.4) is 0 Å². The number of rotatable bonds is 1. The molecule has 0 amide bonds. The molecule has 1 aromatic carbocycles. The van der Waals surface area contributed by atoms with Crippen LogP contribution >= 0.6 is 0 Å². The number of nitrogens with zero attached hydrogens (tertiary/aromatic N) is 1. The second-order valence-electron chi connectivity index (χ2n) is 3.73. The largest absolute Gasteiger partial charge is 0.488 e. The van der Waals surface area contributed by atoms with E-state index in [9.17, 15) is 4.79 Å². The Kier molecular flexibility index (Phi) is 2.46.